The van der Waals surface area contributed by atoms with Crippen molar-refractivity contribution in [3.63, 3.8) is 0 Å². The summed E-state index contributed by atoms with van der Waals surface area (Å²) in [6.45, 7) is 5.62. The SMILES string of the molecule is Cc1ccc(S(=O)(=O)N(CC(=O)N/N=C/c2ccc(OCc3ccccc3)cc2)c2cc(C)ccc2C)cc1. The van der Waals surface area contributed by atoms with E-state index in [9.17, 15) is 13.2 Å². The van der Waals surface area contributed by atoms with E-state index in [4.69, 9.17) is 4.74 Å². The van der Waals surface area contributed by atoms with Crippen molar-refractivity contribution in [1.82, 2.24) is 5.43 Å². The van der Waals surface area contributed by atoms with Gasteiger partial charge in [-0.1, -0.05) is 60.2 Å². The number of nitrogens with one attached hydrogen (secondary N) is 1. The Kier molecular flexibility index (Phi) is 8.78. The van der Waals surface area contributed by atoms with Crippen molar-refractivity contribution >= 4 is 27.8 Å². The quantitative estimate of drug-likeness (QED) is 0.211. The molecule has 4 aromatic rings. The molecule has 39 heavy (non-hydrogen) atoms. The second kappa shape index (κ2) is 12.4. The number of aryl methyl sites for hydroxylation is 3. The van der Waals surface area contributed by atoms with Gasteiger partial charge in [0.05, 0.1) is 16.8 Å². The van der Waals surface area contributed by atoms with Gasteiger partial charge < -0.3 is 4.74 Å². The maximum Gasteiger partial charge on any atom is 0.264 e. The Bertz CT molecular complexity index is 1550. The van der Waals surface area contributed by atoms with Crippen LogP contribution in [0.2, 0.25) is 0 Å². The minimum atomic E-state index is -4.01. The van der Waals surface area contributed by atoms with E-state index in [1.165, 1.54) is 6.21 Å². The summed E-state index contributed by atoms with van der Waals surface area (Å²) >= 11 is 0. The van der Waals surface area contributed by atoms with Gasteiger partial charge in [-0.05, 0) is 85.5 Å². The Morgan fingerprint density at radius 1 is 0.872 bits per heavy atom. The number of sulfonamides is 1. The Morgan fingerprint density at radius 2 is 1.54 bits per heavy atom. The number of carbonyl (C=O) groups is 1. The Hall–Kier alpha value is -4.43. The molecule has 200 valence electrons. The van der Waals surface area contributed by atoms with Crippen LogP contribution < -0.4 is 14.5 Å². The van der Waals surface area contributed by atoms with Gasteiger partial charge in [0, 0.05) is 0 Å². The van der Waals surface area contributed by atoms with Gasteiger partial charge in [0.1, 0.15) is 18.9 Å². The van der Waals surface area contributed by atoms with Gasteiger partial charge in [-0.15, -0.1) is 0 Å². The third-order valence-corrected chi connectivity index (χ3v) is 7.83. The van der Waals surface area contributed by atoms with E-state index in [-0.39, 0.29) is 4.90 Å². The summed E-state index contributed by atoms with van der Waals surface area (Å²) in [6, 6.07) is 29.2. The molecule has 0 heterocycles. The van der Waals surface area contributed by atoms with Crippen molar-refractivity contribution in [2.75, 3.05) is 10.8 Å². The van der Waals surface area contributed by atoms with Gasteiger partial charge in [0.15, 0.2) is 0 Å². The zero-order chi connectivity index (χ0) is 27.8. The van der Waals surface area contributed by atoms with Crippen LogP contribution in [0.5, 0.6) is 5.75 Å². The second-order valence-electron chi connectivity index (χ2n) is 9.25. The molecular weight excluding hydrogens is 510 g/mol. The summed E-state index contributed by atoms with van der Waals surface area (Å²) in [5.41, 5.74) is 7.28. The largest absolute Gasteiger partial charge is 0.489 e. The van der Waals surface area contributed by atoms with E-state index < -0.39 is 22.5 Å². The molecule has 0 unspecified atom stereocenters. The molecule has 0 aliphatic rings. The Balaban J connectivity index is 1.44. The number of hydrazone groups is 1. The number of benzene rings is 4. The predicted octanol–water partition coefficient (Wildman–Crippen LogP) is 5.54. The molecule has 4 rings (SSSR count). The highest BCUT2D eigenvalue weighted by molar-refractivity contribution is 7.92. The molecule has 0 aliphatic heterocycles. The topological polar surface area (TPSA) is 88.1 Å². The van der Waals surface area contributed by atoms with Crippen molar-refractivity contribution in [3.8, 4) is 5.75 Å². The zero-order valence-electron chi connectivity index (χ0n) is 22.2. The third-order valence-electron chi connectivity index (χ3n) is 6.06. The maximum atomic E-state index is 13.6. The molecule has 0 fully saturated rings. The molecule has 4 aromatic carbocycles. The Morgan fingerprint density at radius 3 is 2.23 bits per heavy atom. The van der Waals surface area contributed by atoms with Gasteiger partial charge >= 0.3 is 0 Å². The number of nitrogens with zero attached hydrogens (tertiary/aromatic N) is 2. The average molecular weight is 542 g/mol. The second-order valence-corrected chi connectivity index (χ2v) is 11.1. The normalized spacial score (nSPS) is 11.4. The predicted molar refractivity (Wildman–Crippen MR) is 155 cm³/mol. The number of anilines is 1. The number of hydrogen-bond acceptors (Lipinski definition) is 5. The van der Waals surface area contributed by atoms with Gasteiger partial charge in [-0.2, -0.15) is 5.10 Å². The van der Waals surface area contributed by atoms with E-state index in [1.54, 1.807) is 30.3 Å². The van der Waals surface area contributed by atoms with Crippen LogP contribution in [-0.2, 0) is 21.4 Å². The van der Waals surface area contributed by atoms with Crippen molar-refractivity contribution in [3.05, 3.63) is 125 Å². The smallest absolute Gasteiger partial charge is 0.264 e. The average Bonchev–Trinajstić information content (AvgIpc) is 2.93. The molecule has 0 spiro atoms. The summed E-state index contributed by atoms with van der Waals surface area (Å²) in [5.74, 6) is 0.149. The van der Waals surface area contributed by atoms with E-state index >= 15 is 0 Å². The highest BCUT2D eigenvalue weighted by atomic mass is 32.2. The summed E-state index contributed by atoms with van der Waals surface area (Å²) in [6.07, 6.45) is 1.50. The molecule has 0 bridgehead atoms. The van der Waals surface area contributed by atoms with Gasteiger partial charge in [-0.25, -0.2) is 13.8 Å². The lowest BCUT2D eigenvalue weighted by molar-refractivity contribution is -0.119. The first-order chi connectivity index (χ1) is 18.7. The maximum absolute atomic E-state index is 13.6. The minimum absolute atomic E-state index is 0.111. The number of amides is 1. The first-order valence-corrected chi connectivity index (χ1v) is 13.9. The van der Waals surface area contributed by atoms with Gasteiger partial charge in [-0.3, -0.25) is 9.10 Å². The fourth-order valence-corrected chi connectivity index (χ4v) is 5.34. The van der Waals surface area contributed by atoms with Gasteiger partial charge in [0.25, 0.3) is 15.9 Å². The molecule has 0 radical (unpaired) electrons. The molecule has 0 aliphatic carbocycles. The fourth-order valence-electron chi connectivity index (χ4n) is 3.86. The van der Waals surface area contributed by atoms with Crippen molar-refractivity contribution < 1.29 is 17.9 Å². The summed E-state index contributed by atoms with van der Waals surface area (Å²) < 4.78 is 34.1. The van der Waals surface area contributed by atoms with E-state index in [0.29, 0.717) is 18.0 Å². The van der Waals surface area contributed by atoms with Crippen LogP contribution >= 0.6 is 0 Å². The molecular formula is C31H31N3O4S. The zero-order valence-corrected chi connectivity index (χ0v) is 23.0. The molecule has 8 heteroatoms. The molecule has 1 amide bonds. The van der Waals surface area contributed by atoms with E-state index in [0.717, 1.165) is 32.1 Å². The molecule has 0 atom stereocenters. The van der Waals surface area contributed by atoms with Crippen LogP contribution in [0.4, 0.5) is 5.69 Å². The number of carbonyl (C=O) groups excluding carboxylic acids is 1. The first-order valence-electron chi connectivity index (χ1n) is 12.5. The van der Waals surface area contributed by atoms with Crippen molar-refractivity contribution in [2.24, 2.45) is 5.10 Å². The van der Waals surface area contributed by atoms with Crippen LogP contribution in [0, 0.1) is 20.8 Å². The minimum Gasteiger partial charge on any atom is -0.489 e. The summed E-state index contributed by atoms with van der Waals surface area (Å²) in [7, 11) is -4.01. The van der Waals surface area contributed by atoms with Crippen LogP contribution in [0.15, 0.2) is 107 Å². The van der Waals surface area contributed by atoms with Crippen LogP contribution in [-0.4, -0.2) is 27.1 Å². The summed E-state index contributed by atoms with van der Waals surface area (Å²) in [5, 5.41) is 4.03. The highest BCUT2D eigenvalue weighted by Gasteiger charge is 2.28. The molecule has 7 nitrogen and oxygen atoms in total. The van der Waals surface area contributed by atoms with Crippen LogP contribution in [0.25, 0.3) is 0 Å². The third kappa shape index (κ3) is 7.33. The summed E-state index contributed by atoms with van der Waals surface area (Å²) in [4.78, 5) is 13.0. The van der Waals surface area contributed by atoms with Gasteiger partial charge in [0.2, 0.25) is 0 Å². The van der Waals surface area contributed by atoms with Crippen LogP contribution in [0.1, 0.15) is 27.8 Å². The van der Waals surface area contributed by atoms with Crippen LogP contribution in [0.3, 0.4) is 0 Å². The lowest BCUT2D eigenvalue weighted by Crippen LogP contribution is -2.40. The van der Waals surface area contributed by atoms with E-state index in [1.807, 2.05) is 87.5 Å². The lowest BCUT2D eigenvalue weighted by Gasteiger charge is -2.25. The lowest BCUT2D eigenvalue weighted by atomic mass is 10.1. The monoisotopic (exact) mass is 541 g/mol. The molecule has 0 aromatic heterocycles. The Labute approximate surface area is 229 Å². The molecule has 1 N–H and O–H groups in total. The van der Waals surface area contributed by atoms with E-state index in [2.05, 4.69) is 10.5 Å². The standard InChI is InChI=1S/C31H31N3O4S/c1-23-10-17-29(18-11-23)39(36,37)34(30-19-24(2)9-12-25(30)3)21-31(35)33-32-20-26-13-15-28(16-14-26)38-22-27-7-5-4-6-8-27/h4-20H,21-22H2,1-3H3,(H,33,35)/b32-20+. The number of hydrogen-bond donors (Lipinski definition) is 1. The highest BCUT2D eigenvalue weighted by Crippen LogP contribution is 2.28. The van der Waals surface area contributed by atoms with Crippen molar-refractivity contribution in [2.45, 2.75) is 32.3 Å². The number of ether oxygens (including phenoxy) is 1. The number of rotatable bonds is 10. The fraction of sp³-hybridized carbons (Fsp3) is 0.161. The molecule has 0 saturated heterocycles. The molecule has 0 saturated carbocycles. The van der Waals surface area contributed by atoms with Crippen molar-refractivity contribution in [1.29, 1.82) is 0 Å². The first kappa shape index (κ1) is 27.6.